The van der Waals surface area contributed by atoms with Gasteiger partial charge in [-0.2, -0.15) is 8.13 Å². The number of rotatable bonds is 4. The van der Waals surface area contributed by atoms with Gasteiger partial charge < -0.3 is 21.1 Å². The molecule has 2 aliphatic rings. The van der Waals surface area contributed by atoms with Crippen molar-refractivity contribution in [2.24, 2.45) is 3.15 Å². The minimum atomic E-state index is -0.577. The van der Waals surface area contributed by atoms with E-state index in [9.17, 15) is 0 Å². The fraction of sp³-hybridized carbons (Fsp3) is 0.238. The van der Waals surface area contributed by atoms with Crippen molar-refractivity contribution in [1.29, 1.82) is 0 Å². The van der Waals surface area contributed by atoms with Crippen molar-refractivity contribution in [3.05, 3.63) is 54.1 Å². The molecule has 0 unspecified atom stereocenters. The number of hydrogen-bond acceptors (Lipinski definition) is 8. The molecular weight excluding hydrogens is 493 g/mol. The molecule has 30 heavy (non-hydrogen) atoms. The molecule has 1 fully saturated rings. The Balaban J connectivity index is 1.59. The van der Waals surface area contributed by atoms with Crippen LogP contribution in [0.5, 0.6) is 0 Å². The molecule has 1 aromatic heterocycles. The lowest BCUT2D eigenvalue weighted by Crippen LogP contribution is -2.37. The first-order chi connectivity index (χ1) is 14.7. The lowest BCUT2D eigenvalue weighted by Gasteiger charge is -2.28. The average molecular weight is 515 g/mol. The van der Waals surface area contributed by atoms with Crippen LogP contribution in [0.4, 0.5) is 28.8 Å². The standard InChI is InChI=1S/C21H22IN7O/c23-16-7-6-15(12-17(16)24)18-19-20(26-21(25-18)28-8-10-30-11-9-28)29(22-27-19)13-14-4-2-1-3-5-14/h1-7,12H,8-11,13,23-24H2. The number of nitrogens with zero attached hydrogens (tertiary/aromatic N) is 5. The molecule has 4 N–H and O–H groups in total. The number of benzene rings is 2. The van der Waals surface area contributed by atoms with Crippen molar-refractivity contribution in [3.63, 3.8) is 0 Å². The molecule has 1 saturated heterocycles. The third-order valence-electron chi connectivity index (χ3n) is 5.12. The van der Waals surface area contributed by atoms with Gasteiger partial charge in [0, 0.05) is 18.7 Å². The Morgan fingerprint density at radius 3 is 2.53 bits per heavy atom. The van der Waals surface area contributed by atoms with E-state index in [0.29, 0.717) is 30.5 Å². The van der Waals surface area contributed by atoms with Gasteiger partial charge >= 0.3 is 0 Å². The number of aromatic nitrogens is 2. The van der Waals surface area contributed by atoms with Gasteiger partial charge in [-0.3, -0.25) is 3.11 Å². The molecule has 3 aromatic rings. The highest BCUT2D eigenvalue weighted by molar-refractivity contribution is 14.2. The van der Waals surface area contributed by atoms with Crippen molar-refractivity contribution in [2.75, 3.05) is 45.8 Å². The predicted octanol–water partition coefficient (Wildman–Crippen LogP) is 3.87. The summed E-state index contributed by atoms with van der Waals surface area (Å²) in [5.41, 5.74) is 16.9. The minimum Gasteiger partial charge on any atom is -0.397 e. The fourth-order valence-corrected chi connectivity index (χ4v) is 5.48. The van der Waals surface area contributed by atoms with Crippen LogP contribution in [0.25, 0.3) is 11.3 Å². The van der Waals surface area contributed by atoms with Crippen molar-refractivity contribution < 1.29 is 4.74 Å². The lowest BCUT2D eigenvalue weighted by atomic mass is 10.1. The summed E-state index contributed by atoms with van der Waals surface area (Å²) < 4.78 is 12.7. The van der Waals surface area contributed by atoms with Crippen LogP contribution >= 0.6 is 21.3 Å². The van der Waals surface area contributed by atoms with Crippen LogP contribution in [0.2, 0.25) is 0 Å². The van der Waals surface area contributed by atoms with E-state index in [-0.39, 0.29) is 0 Å². The Morgan fingerprint density at radius 1 is 0.967 bits per heavy atom. The topological polar surface area (TPSA) is 106 Å². The maximum atomic E-state index is 6.08. The smallest absolute Gasteiger partial charge is 0.228 e. The molecule has 8 nitrogen and oxygen atoms in total. The quantitative estimate of drug-likeness (QED) is 0.309. The average Bonchev–Trinajstić information content (AvgIpc) is 3.19. The van der Waals surface area contributed by atoms with Gasteiger partial charge in [0.2, 0.25) is 5.95 Å². The van der Waals surface area contributed by atoms with Gasteiger partial charge in [0.1, 0.15) is 32.7 Å². The highest BCUT2D eigenvalue weighted by Gasteiger charge is 2.27. The van der Waals surface area contributed by atoms with E-state index in [1.165, 1.54) is 5.56 Å². The van der Waals surface area contributed by atoms with E-state index in [1.54, 1.807) is 0 Å². The van der Waals surface area contributed by atoms with Crippen LogP contribution in [0.1, 0.15) is 5.56 Å². The Hall–Kier alpha value is -2.79. The molecule has 0 amide bonds. The maximum Gasteiger partial charge on any atom is 0.228 e. The normalized spacial score (nSPS) is 15.7. The highest BCUT2D eigenvalue weighted by Crippen LogP contribution is 2.48. The number of hydrogen-bond donors (Lipinski definition) is 2. The molecule has 0 spiro atoms. The third-order valence-corrected chi connectivity index (χ3v) is 7.13. The Morgan fingerprint density at radius 2 is 1.77 bits per heavy atom. The van der Waals surface area contributed by atoms with Crippen LogP contribution in [0, 0.1) is 0 Å². The first kappa shape index (κ1) is 19.2. The Labute approximate surface area is 185 Å². The minimum absolute atomic E-state index is 0.543. The molecule has 3 heterocycles. The first-order valence-electron chi connectivity index (χ1n) is 9.76. The van der Waals surface area contributed by atoms with E-state index in [0.717, 1.165) is 42.4 Å². The fourth-order valence-electron chi connectivity index (χ4n) is 3.47. The van der Waals surface area contributed by atoms with Gasteiger partial charge in [0.25, 0.3) is 0 Å². The van der Waals surface area contributed by atoms with Gasteiger partial charge in [-0.25, -0.2) is 4.98 Å². The SMILES string of the molecule is Nc1ccc(-c2nc(N3CCOCC3)nc3c2N=IN3Cc2ccccc2)cc1N. The van der Waals surface area contributed by atoms with Crippen LogP contribution in [-0.2, 0) is 11.3 Å². The summed E-state index contributed by atoms with van der Waals surface area (Å²) >= 11 is -0.577. The molecule has 0 radical (unpaired) electrons. The first-order valence-corrected chi connectivity index (χ1v) is 11.7. The largest absolute Gasteiger partial charge is 0.397 e. The summed E-state index contributed by atoms with van der Waals surface area (Å²) in [6, 6.07) is 16.1. The lowest BCUT2D eigenvalue weighted by molar-refractivity contribution is 0.122. The summed E-state index contributed by atoms with van der Waals surface area (Å²) in [6.07, 6.45) is 0. The summed E-state index contributed by atoms with van der Waals surface area (Å²) in [4.78, 5) is 12.0. The van der Waals surface area contributed by atoms with E-state index < -0.39 is 21.3 Å². The van der Waals surface area contributed by atoms with E-state index in [4.69, 9.17) is 29.3 Å². The Kier molecular flexibility index (Phi) is 5.21. The predicted molar refractivity (Wildman–Crippen MR) is 128 cm³/mol. The van der Waals surface area contributed by atoms with Gasteiger partial charge in [-0.1, -0.05) is 36.4 Å². The summed E-state index contributed by atoms with van der Waals surface area (Å²) in [6.45, 7) is 3.68. The number of nitrogen functional groups attached to an aromatic ring is 2. The van der Waals surface area contributed by atoms with Crippen molar-refractivity contribution in [1.82, 2.24) is 9.97 Å². The highest BCUT2D eigenvalue weighted by atomic mass is 127. The molecule has 5 rings (SSSR count). The molecule has 2 aromatic carbocycles. The van der Waals surface area contributed by atoms with Crippen molar-refractivity contribution in [2.45, 2.75) is 6.54 Å². The third kappa shape index (κ3) is 3.70. The number of nitrogens with two attached hydrogens (primary N) is 2. The van der Waals surface area contributed by atoms with Crippen molar-refractivity contribution in [3.8, 4) is 11.3 Å². The zero-order valence-electron chi connectivity index (χ0n) is 16.3. The van der Waals surface area contributed by atoms with Gasteiger partial charge in [0.15, 0.2) is 5.82 Å². The second-order valence-electron chi connectivity index (χ2n) is 7.15. The Bertz CT molecular complexity index is 1100. The summed E-state index contributed by atoms with van der Waals surface area (Å²) in [5, 5.41) is 0. The van der Waals surface area contributed by atoms with Crippen LogP contribution in [0.3, 0.4) is 0 Å². The monoisotopic (exact) mass is 515 g/mol. The van der Waals surface area contributed by atoms with E-state index in [1.807, 2.05) is 24.3 Å². The summed E-state index contributed by atoms with van der Waals surface area (Å²) in [5.74, 6) is 1.61. The van der Waals surface area contributed by atoms with Crippen LogP contribution in [0.15, 0.2) is 51.7 Å². The second kappa shape index (κ2) is 8.15. The van der Waals surface area contributed by atoms with Crippen LogP contribution in [-0.4, -0.2) is 36.3 Å². The molecule has 0 aliphatic carbocycles. The van der Waals surface area contributed by atoms with Gasteiger partial charge in [-0.05, 0) is 17.7 Å². The molecule has 0 atom stereocenters. The van der Waals surface area contributed by atoms with Gasteiger partial charge in [-0.15, -0.1) is 0 Å². The molecule has 154 valence electrons. The summed E-state index contributed by atoms with van der Waals surface area (Å²) in [7, 11) is 0. The zero-order chi connectivity index (χ0) is 20.5. The second-order valence-corrected chi connectivity index (χ2v) is 9.23. The number of anilines is 4. The molecule has 0 saturated carbocycles. The van der Waals surface area contributed by atoms with Crippen molar-refractivity contribution >= 4 is 50.1 Å². The number of morpholine rings is 1. The molecule has 0 bridgehead atoms. The zero-order valence-corrected chi connectivity index (χ0v) is 18.5. The molecule has 2 aliphatic heterocycles. The van der Waals surface area contributed by atoms with Crippen LogP contribution < -0.4 is 19.5 Å². The van der Waals surface area contributed by atoms with E-state index >= 15 is 0 Å². The maximum absolute atomic E-state index is 6.08. The number of halogens is 1. The van der Waals surface area contributed by atoms with E-state index in [2.05, 4.69) is 32.3 Å². The number of fused-ring (bicyclic) bond motifs is 1. The molecular formula is C21H22IN7O. The van der Waals surface area contributed by atoms with Gasteiger partial charge in [0.05, 0.1) is 31.1 Å². The number of ether oxygens (including phenoxy) is 1. The molecule has 9 heteroatoms.